The first-order valence-electron chi connectivity index (χ1n) is 6.93. The number of piperidine rings is 1. The molecule has 20 heavy (non-hydrogen) atoms. The summed E-state index contributed by atoms with van der Waals surface area (Å²) in [6, 6.07) is 0. The number of aromatic nitrogens is 3. The Morgan fingerprint density at radius 2 is 2.15 bits per heavy atom. The van der Waals surface area contributed by atoms with Crippen molar-refractivity contribution >= 4 is 10.2 Å². The second kappa shape index (κ2) is 5.40. The zero-order chi connectivity index (χ0) is 14.2. The smallest absolute Gasteiger partial charge is 0.282 e. The molecule has 0 radical (unpaired) electrons. The van der Waals surface area contributed by atoms with Crippen molar-refractivity contribution in [2.24, 2.45) is 11.7 Å². The van der Waals surface area contributed by atoms with Gasteiger partial charge in [0.05, 0.1) is 6.54 Å². The van der Waals surface area contributed by atoms with Gasteiger partial charge in [-0.25, -0.2) is 0 Å². The Hall–Kier alpha value is -1.03. The molecule has 3 rings (SSSR count). The second-order valence-corrected chi connectivity index (χ2v) is 7.31. The van der Waals surface area contributed by atoms with Crippen LogP contribution in [0.4, 0.5) is 0 Å². The van der Waals surface area contributed by atoms with E-state index in [0.717, 1.165) is 12.8 Å². The monoisotopic (exact) mass is 300 g/mol. The fraction of sp³-hybridized carbons (Fsp3) is 0.818. The molecule has 0 bridgehead atoms. The van der Waals surface area contributed by atoms with Crippen LogP contribution in [0.2, 0.25) is 0 Å². The van der Waals surface area contributed by atoms with Crippen molar-refractivity contribution in [1.82, 2.24) is 23.4 Å². The molecular weight excluding hydrogens is 280 g/mol. The topological polar surface area (TPSA) is 97.3 Å². The zero-order valence-electron chi connectivity index (χ0n) is 11.3. The van der Waals surface area contributed by atoms with Crippen LogP contribution in [0.15, 0.2) is 6.33 Å². The molecule has 3 heterocycles. The molecule has 0 spiro atoms. The molecule has 2 aliphatic heterocycles. The molecule has 0 aliphatic carbocycles. The van der Waals surface area contributed by atoms with Gasteiger partial charge in [-0.1, -0.05) is 0 Å². The predicted octanol–water partition coefficient (Wildman–Crippen LogP) is -0.991. The van der Waals surface area contributed by atoms with Gasteiger partial charge in [0.25, 0.3) is 10.2 Å². The first-order chi connectivity index (χ1) is 9.61. The Kier molecular flexibility index (Phi) is 3.76. The van der Waals surface area contributed by atoms with Crippen LogP contribution in [-0.4, -0.2) is 58.0 Å². The van der Waals surface area contributed by atoms with Crippen LogP contribution in [0.3, 0.4) is 0 Å². The van der Waals surface area contributed by atoms with Crippen LogP contribution in [0.25, 0.3) is 0 Å². The first-order valence-corrected chi connectivity index (χ1v) is 8.33. The van der Waals surface area contributed by atoms with E-state index in [2.05, 4.69) is 10.2 Å². The Labute approximate surface area is 118 Å². The number of hydrogen-bond donors (Lipinski definition) is 1. The summed E-state index contributed by atoms with van der Waals surface area (Å²) in [5, 5.41) is 7.78. The predicted molar refractivity (Wildman–Crippen MR) is 72.7 cm³/mol. The normalized spacial score (nSPS) is 25.6. The molecule has 0 saturated carbocycles. The zero-order valence-corrected chi connectivity index (χ0v) is 12.2. The molecule has 1 unspecified atom stereocenters. The highest BCUT2D eigenvalue weighted by molar-refractivity contribution is 7.86. The van der Waals surface area contributed by atoms with Crippen molar-refractivity contribution in [1.29, 1.82) is 0 Å². The minimum Gasteiger partial charge on any atom is -0.330 e. The third-order valence-corrected chi connectivity index (χ3v) is 6.02. The second-order valence-electron chi connectivity index (χ2n) is 5.38. The third-order valence-electron chi connectivity index (χ3n) is 4.07. The average molecular weight is 300 g/mol. The largest absolute Gasteiger partial charge is 0.330 e. The lowest BCUT2D eigenvalue weighted by molar-refractivity contribution is 0.238. The van der Waals surface area contributed by atoms with Crippen LogP contribution in [0, 0.1) is 5.92 Å². The SMILES string of the molecule is NCC1CCCN(S(=O)(=O)N2CCn3cnnc3C2)C1. The molecule has 0 amide bonds. The number of hydrogen-bond acceptors (Lipinski definition) is 5. The van der Waals surface area contributed by atoms with Gasteiger partial charge in [-0.05, 0) is 25.3 Å². The molecule has 9 heteroatoms. The van der Waals surface area contributed by atoms with E-state index < -0.39 is 10.2 Å². The fourth-order valence-corrected chi connectivity index (χ4v) is 4.51. The van der Waals surface area contributed by atoms with E-state index in [1.54, 1.807) is 10.6 Å². The Morgan fingerprint density at radius 1 is 1.30 bits per heavy atom. The lowest BCUT2D eigenvalue weighted by Gasteiger charge is -2.36. The van der Waals surface area contributed by atoms with Gasteiger partial charge in [0, 0.05) is 26.2 Å². The van der Waals surface area contributed by atoms with Gasteiger partial charge >= 0.3 is 0 Å². The number of fused-ring (bicyclic) bond motifs is 1. The summed E-state index contributed by atoms with van der Waals surface area (Å²) < 4.78 is 30.3. The fourth-order valence-electron chi connectivity index (χ4n) is 2.83. The summed E-state index contributed by atoms with van der Waals surface area (Å²) >= 11 is 0. The number of nitrogens with zero attached hydrogens (tertiary/aromatic N) is 5. The van der Waals surface area contributed by atoms with Crippen LogP contribution >= 0.6 is 0 Å². The summed E-state index contributed by atoms with van der Waals surface area (Å²) in [5.74, 6) is 0.971. The highest BCUT2D eigenvalue weighted by atomic mass is 32.2. The maximum Gasteiger partial charge on any atom is 0.282 e. The van der Waals surface area contributed by atoms with Gasteiger partial charge in [0.15, 0.2) is 0 Å². The summed E-state index contributed by atoms with van der Waals surface area (Å²) in [5.41, 5.74) is 5.68. The standard InChI is InChI=1S/C11H20N6O2S/c12-6-10-2-1-3-16(7-10)20(18,19)17-5-4-15-9-13-14-11(15)8-17/h9-10H,1-8,12H2. The highest BCUT2D eigenvalue weighted by Crippen LogP contribution is 2.22. The maximum absolute atomic E-state index is 12.7. The summed E-state index contributed by atoms with van der Waals surface area (Å²) in [4.78, 5) is 0. The first kappa shape index (κ1) is 13.9. The van der Waals surface area contributed by atoms with E-state index in [-0.39, 0.29) is 5.92 Å². The molecule has 1 aromatic rings. The average Bonchev–Trinajstić information content (AvgIpc) is 2.94. The van der Waals surface area contributed by atoms with Gasteiger partial charge in [0.1, 0.15) is 12.2 Å². The van der Waals surface area contributed by atoms with Crippen LogP contribution < -0.4 is 5.73 Å². The quantitative estimate of drug-likeness (QED) is 0.773. The molecule has 2 N–H and O–H groups in total. The van der Waals surface area contributed by atoms with E-state index in [9.17, 15) is 8.42 Å². The molecule has 0 aromatic carbocycles. The van der Waals surface area contributed by atoms with Gasteiger partial charge in [-0.3, -0.25) is 0 Å². The Morgan fingerprint density at radius 3 is 2.95 bits per heavy atom. The van der Waals surface area contributed by atoms with Crippen molar-refractivity contribution in [3.8, 4) is 0 Å². The van der Waals surface area contributed by atoms with Gasteiger partial charge < -0.3 is 10.3 Å². The van der Waals surface area contributed by atoms with Crippen molar-refractivity contribution in [2.75, 3.05) is 26.2 Å². The van der Waals surface area contributed by atoms with E-state index >= 15 is 0 Å². The highest BCUT2D eigenvalue weighted by Gasteiger charge is 2.35. The van der Waals surface area contributed by atoms with Crippen molar-refractivity contribution in [3.05, 3.63) is 12.2 Å². The van der Waals surface area contributed by atoms with Gasteiger partial charge in [-0.2, -0.15) is 17.0 Å². The van der Waals surface area contributed by atoms with Gasteiger partial charge in [-0.15, -0.1) is 10.2 Å². The summed E-state index contributed by atoms with van der Waals surface area (Å²) in [6.45, 7) is 3.03. The molecule has 1 aromatic heterocycles. The molecule has 1 fully saturated rings. The Balaban J connectivity index is 1.75. The Bertz CT molecular complexity index is 571. The lowest BCUT2D eigenvalue weighted by atomic mass is 10.0. The van der Waals surface area contributed by atoms with Crippen molar-refractivity contribution in [3.63, 3.8) is 0 Å². The van der Waals surface area contributed by atoms with E-state index in [1.807, 2.05) is 4.57 Å². The lowest BCUT2D eigenvalue weighted by Crippen LogP contribution is -2.50. The summed E-state index contributed by atoms with van der Waals surface area (Å²) in [6.07, 6.45) is 3.53. The van der Waals surface area contributed by atoms with E-state index in [1.165, 1.54) is 4.31 Å². The van der Waals surface area contributed by atoms with Crippen LogP contribution in [0.5, 0.6) is 0 Å². The third kappa shape index (κ3) is 2.46. The molecule has 8 nitrogen and oxygen atoms in total. The van der Waals surface area contributed by atoms with E-state index in [0.29, 0.717) is 45.1 Å². The minimum absolute atomic E-state index is 0.270. The molecule has 2 aliphatic rings. The summed E-state index contributed by atoms with van der Waals surface area (Å²) in [7, 11) is -3.42. The van der Waals surface area contributed by atoms with Crippen LogP contribution in [0.1, 0.15) is 18.7 Å². The number of rotatable bonds is 3. The van der Waals surface area contributed by atoms with Crippen LogP contribution in [-0.2, 0) is 23.3 Å². The van der Waals surface area contributed by atoms with Gasteiger partial charge in [0.2, 0.25) is 0 Å². The maximum atomic E-state index is 12.7. The molecule has 112 valence electrons. The van der Waals surface area contributed by atoms with E-state index in [4.69, 9.17) is 5.73 Å². The molecular formula is C11H20N6O2S. The number of nitrogens with two attached hydrogens (primary N) is 1. The minimum atomic E-state index is -3.42. The molecule has 1 atom stereocenters. The van der Waals surface area contributed by atoms with Crippen molar-refractivity contribution < 1.29 is 8.42 Å². The van der Waals surface area contributed by atoms with Crippen molar-refractivity contribution in [2.45, 2.75) is 25.9 Å². The molecule has 1 saturated heterocycles.